The average molecular weight is 186 g/mol. The second kappa shape index (κ2) is 3.56. The van der Waals surface area contributed by atoms with Crippen molar-refractivity contribution in [2.75, 3.05) is 31.1 Å². The van der Waals surface area contributed by atoms with Gasteiger partial charge in [0.2, 0.25) is 0 Å². The summed E-state index contributed by atoms with van der Waals surface area (Å²) in [5, 5.41) is 0. The topological polar surface area (TPSA) is 29.3 Å². The number of thioether (sulfide) groups is 1. The minimum atomic E-state index is 0.148. The van der Waals surface area contributed by atoms with Crippen LogP contribution in [-0.4, -0.2) is 41.6 Å². The molecule has 2 nitrogen and oxygen atoms in total. The molecule has 0 aliphatic carbocycles. The fraction of sp³-hybridized carbons (Fsp3) is 1.00. The van der Waals surface area contributed by atoms with Gasteiger partial charge in [0.25, 0.3) is 0 Å². The molecule has 70 valence electrons. The monoisotopic (exact) mass is 186 g/mol. The summed E-state index contributed by atoms with van der Waals surface area (Å²) in [5.74, 6) is 2.44. The van der Waals surface area contributed by atoms with Crippen LogP contribution in [0.1, 0.15) is 19.3 Å². The van der Waals surface area contributed by atoms with Gasteiger partial charge in [0.1, 0.15) is 0 Å². The van der Waals surface area contributed by atoms with Crippen LogP contribution in [0.2, 0.25) is 0 Å². The number of likely N-dealkylation sites (tertiary alicyclic amines) is 1. The molecule has 12 heavy (non-hydrogen) atoms. The first-order valence-corrected chi connectivity index (χ1v) is 6.03. The van der Waals surface area contributed by atoms with E-state index in [2.05, 4.69) is 4.90 Å². The highest BCUT2D eigenvalue weighted by molar-refractivity contribution is 7.99. The summed E-state index contributed by atoms with van der Waals surface area (Å²) in [4.78, 5) is 2.53. The van der Waals surface area contributed by atoms with E-state index in [1.54, 1.807) is 0 Å². The van der Waals surface area contributed by atoms with Crippen molar-refractivity contribution in [2.24, 2.45) is 5.73 Å². The standard InChI is InChI=1S/C9H18N2S/c10-9(3-6-12-8-9)7-11-4-1-2-5-11/h1-8,10H2. The third-order valence-electron chi connectivity index (χ3n) is 2.87. The molecule has 0 radical (unpaired) electrons. The van der Waals surface area contributed by atoms with Crippen molar-refractivity contribution in [3.8, 4) is 0 Å². The van der Waals surface area contributed by atoms with Gasteiger partial charge in [0, 0.05) is 17.8 Å². The van der Waals surface area contributed by atoms with Crippen LogP contribution in [0.5, 0.6) is 0 Å². The van der Waals surface area contributed by atoms with Gasteiger partial charge >= 0.3 is 0 Å². The van der Waals surface area contributed by atoms with E-state index in [0.29, 0.717) is 0 Å². The second-order valence-corrected chi connectivity index (χ2v) is 5.25. The van der Waals surface area contributed by atoms with Crippen LogP contribution in [0.25, 0.3) is 0 Å². The van der Waals surface area contributed by atoms with Crippen molar-refractivity contribution in [1.82, 2.24) is 4.90 Å². The molecule has 1 unspecified atom stereocenters. The van der Waals surface area contributed by atoms with Crippen LogP contribution in [0.4, 0.5) is 0 Å². The number of nitrogens with two attached hydrogens (primary N) is 1. The molecule has 0 spiro atoms. The molecule has 1 atom stereocenters. The predicted octanol–water partition coefficient (Wildman–Crippen LogP) is 0.917. The Hall–Kier alpha value is 0.270. The number of rotatable bonds is 2. The molecule has 3 heteroatoms. The first-order chi connectivity index (χ1) is 5.79. The van der Waals surface area contributed by atoms with Gasteiger partial charge in [-0.1, -0.05) is 0 Å². The lowest BCUT2D eigenvalue weighted by atomic mass is 10.0. The summed E-state index contributed by atoms with van der Waals surface area (Å²) >= 11 is 2.01. The summed E-state index contributed by atoms with van der Waals surface area (Å²) < 4.78 is 0. The van der Waals surface area contributed by atoms with Gasteiger partial charge in [-0.2, -0.15) is 11.8 Å². The van der Waals surface area contributed by atoms with Gasteiger partial charge in [0.15, 0.2) is 0 Å². The zero-order chi connectivity index (χ0) is 8.44. The summed E-state index contributed by atoms with van der Waals surface area (Å²) in [6.45, 7) is 3.70. The van der Waals surface area contributed by atoms with Crippen molar-refractivity contribution < 1.29 is 0 Å². The summed E-state index contributed by atoms with van der Waals surface area (Å²) in [6.07, 6.45) is 3.97. The van der Waals surface area contributed by atoms with Crippen LogP contribution >= 0.6 is 11.8 Å². The Balaban J connectivity index is 1.83. The second-order valence-electron chi connectivity index (χ2n) is 4.15. The zero-order valence-electron chi connectivity index (χ0n) is 7.59. The fourth-order valence-electron chi connectivity index (χ4n) is 2.13. The number of hydrogen-bond donors (Lipinski definition) is 1. The Morgan fingerprint density at radius 2 is 2.08 bits per heavy atom. The molecular formula is C9H18N2S. The van der Waals surface area contributed by atoms with E-state index >= 15 is 0 Å². The van der Waals surface area contributed by atoms with Crippen molar-refractivity contribution in [3.05, 3.63) is 0 Å². The molecule has 2 heterocycles. The molecule has 0 aromatic carbocycles. The van der Waals surface area contributed by atoms with Crippen LogP contribution in [0, 0.1) is 0 Å². The summed E-state index contributed by atoms with van der Waals surface area (Å²) in [6, 6.07) is 0. The normalized spacial score (nSPS) is 37.8. The molecule has 0 bridgehead atoms. The maximum Gasteiger partial charge on any atom is 0.0382 e. The van der Waals surface area contributed by atoms with E-state index in [-0.39, 0.29) is 5.54 Å². The van der Waals surface area contributed by atoms with E-state index in [4.69, 9.17) is 5.73 Å². The minimum Gasteiger partial charge on any atom is -0.323 e. The van der Waals surface area contributed by atoms with Crippen LogP contribution in [-0.2, 0) is 0 Å². The van der Waals surface area contributed by atoms with Crippen molar-refractivity contribution in [3.63, 3.8) is 0 Å². The smallest absolute Gasteiger partial charge is 0.0382 e. The van der Waals surface area contributed by atoms with E-state index in [1.165, 1.54) is 43.9 Å². The molecule has 0 aromatic rings. The van der Waals surface area contributed by atoms with Crippen molar-refractivity contribution in [2.45, 2.75) is 24.8 Å². The van der Waals surface area contributed by atoms with E-state index in [9.17, 15) is 0 Å². The molecule has 2 aliphatic heterocycles. The Kier molecular flexibility index (Phi) is 2.63. The molecule has 2 N–H and O–H groups in total. The molecule has 0 amide bonds. The van der Waals surface area contributed by atoms with Crippen LogP contribution < -0.4 is 5.73 Å². The Bertz CT molecular complexity index is 149. The summed E-state index contributed by atoms with van der Waals surface area (Å²) in [5.41, 5.74) is 6.42. The highest BCUT2D eigenvalue weighted by Gasteiger charge is 2.32. The van der Waals surface area contributed by atoms with Crippen molar-refractivity contribution >= 4 is 11.8 Å². The largest absolute Gasteiger partial charge is 0.323 e. The SMILES string of the molecule is NC1(CN2CCCC2)CCSC1. The van der Waals surface area contributed by atoms with Gasteiger partial charge in [-0.25, -0.2) is 0 Å². The van der Waals surface area contributed by atoms with E-state index in [1.807, 2.05) is 11.8 Å². The number of hydrogen-bond acceptors (Lipinski definition) is 3. The lowest BCUT2D eigenvalue weighted by molar-refractivity contribution is 0.262. The van der Waals surface area contributed by atoms with Gasteiger partial charge in [-0.15, -0.1) is 0 Å². The highest BCUT2D eigenvalue weighted by atomic mass is 32.2. The molecule has 2 aliphatic rings. The maximum atomic E-state index is 6.28. The molecule has 2 rings (SSSR count). The van der Waals surface area contributed by atoms with Gasteiger partial charge in [-0.05, 0) is 38.1 Å². The van der Waals surface area contributed by atoms with Gasteiger partial charge in [-0.3, -0.25) is 0 Å². The van der Waals surface area contributed by atoms with E-state index in [0.717, 1.165) is 6.54 Å². The van der Waals surface area contributed by atoms with Crippen LogP contribution in [0.15, 0.2) is 0 Å². The first-order valence-electron chi connectivity index (χ1n) is 4.88. The maximum absolute atomic E-state index is 6.28. The highest BCUT2D eigenvalue weighted by Crippen LogP contribution is 2.27. The van der Waals surface area contributed by atoms with Crippen molar-refractivity contribution in [1.29, 1.82) is 0 Å². The fourth-order valence-corrected chi connectivity index (χ4v) is 3.47. The average Bonchev–Trinajstić information content (AvgIpc) is 2.62. The lowest BCUT2D eigenvalue weighted by Crippen LogP contribution is -2.49. The molecule has 0 saturated carbocycles. The third kappa shape index (κ3) is 1.95. The van der Waals surface area contributed by atoms with Crippen LogP contribution in [0.3, 0.4) is 0 Å². The summed E-state index contributed by atoms with van der Waals surface area (Å²) in [7, 11) is 0. The number of nitrogens with zero attached hydrogens (tertiary/aromatic N) is 1. The van der Waals surface area contributed by atoms with Gasteiger partial charge in [0.05, 0.1) is 0 Å². The Morgan fingerprint density at radius 3 is 2.67 bits per heavy atom. The quantitative estimate of drug-likeness (QED) is 0.695. The molecular weight excluding hydrogens is 168 g/mol. The zero-order valence-corrected chi connectivity index (χ0v) is 8.41. The molecule has 0 aromatic heterocycles. The molecule has 2 fully saturated rings. The third-order valence-corrected chi connectivity index (χ3v) is 4.14. The Morgan fingerprint density at radius 1 is 1.33 bits per heavy atom. The molecule has 2 saturated heterocycles. The minimum absolute atomic E-state index is 0.148. The Labute approximate surface area is 78.9 Å². The van der Waals surface area contributed by atoms with E-state index < -0.39 is 0 Å². The first kappa shape index (κ1) is 8.85. The lowest BCUT2D eigenvalue weighted by Gasteiger charge is -2.28. The van der Waals surface area contributed by atoms with Gasteiger partial charge < -0.3 is 10.6 Å². The predicted molar refractivity (Wildman–Crippen MR) is 54.5 cm³/mol.